The fraction of sp³-hybridized carbons (Fsp3) is 0.483. The molecule has 0 aromatic heterocycles. The molecular formula is C29H33N5O2. The van der Waals surface area contributed by atoms with Gasteiger partial charge in [0.2, 0.25) is 5.54 Å². The number of fused-ring (bicyclic) bond motifs is 3. The van der Waals surface area contributed by atoms with Crippen molar-refractivity contribution in [3.05, 3.63) is 59.7 Å². The van der Waals surface area contributed by atoms with E-state index in [2.05, 4.69) is 45.0 Å². The fourth-order valence-electron chi connectivity index (χ4n) is 7.42. The van der Waals surface area contributed by atoms with Crippen molar-refractivity contribution in [3.63, 3.8) is 0 Å². The lowest BCUT2D eigenvalue weighted by Gasteiger charge is -2.46. The summed E-state index contributed by atoms with van der Waals surface area (Å²) in [5, 5.41) is 28.4. The highest BCUT2D eigenvalue weighted by molar-refractivity contribution is 6.05. The van der Waals surface area contributed by atoms with Crippen molar-refractivity contribution in [2.75, 3.05) is 28.3 Å². The van der Waals surface area contributed by atoms with Crippen LogP contribution in [0.25, 0.3) is 0 Å². The van der Waals surface area contributed by atoms with Crippen LogP contribution in [0.15, 0.2) is 53.6 Å². The van der Waals surface area contributed by atoms with Gasteiger partial charge in [-0.1, -0.05) is 32.9 Å². The molecule has 2 heterocycles. The standard InChI is InChI=1S/C29H33N5O2/c1-18-26(33(4)5)28(16-30,17-31)34-29(18,20-10-14-22(36-7)15-11-20)25-23(27(25,2)3)24(32-34)19-8-12-21(35-6)13-9-19/h8-15,18,23,25-26H,1-7H3/t18-,23+,25-,26-,29+/m0/s1. The number of benzene rings is 2. The minimum absolute atomic E-state index is 0.0457. The van der Waals surface area contributed by atoms with Gasteiger partial charge in [0, 0.05) is 17.8 Å². The van der Waals surface area contributed by atoms with Crippen LogP contribution in [0.1, 0.15) is 31.9 Å². The van der Waals surface area contributed by atoms with Gasteiger partial charge in [-0.25, -0.2) is 0 Å². The molecule has 5 rings (SSSR count). The van der Waals surface area contributed by atoms with Crippen LogP contribution in [-0.2, 0) is 5.54 Å². The van der Waals surface area contributed by atoms with E-state index >= 15 is 0 Å². The Bertz CT molecular complexity index is 1270. The predicted molar refractivity (Wildman–Crippen MR) is 137 cm³/mol. The molecule has 1 aliphatic carbocycles. The van der Waals surface area contributed by atoms with Gasteiger partial charge in [-0.15, -0.1) is 0 Å². The van der Waals surface area contributed by atoms with E-state index in [1.807, 2.05) is 60.4 Å². The molecule has 0 N–H and O–H groups in total. The van der Waals surface area contributed by atoms with E-state index in [1.54, 1.807) is 14.2 Å². The zero-order valence-corrected chi connectivity index (χ0v) is 22.0. The molecule has 7 heteroatoms. The molecule has 2 fully saturated rings. The van der Waals surface area contributed by atoms with Crippen LogP contribution in [0.3, 0.4) is 0 Å². The van der Waals surface area contributed by atoms with Crippen LogP contribution >= 0.6 is 0 Å². The third kappa shape index (κ3) is 2.84. The highest BCUT2D eigenvalue weighted by Crippen LogP contribution is 2.75. The maximum Gasteiger partial charge on any atom is 0.246 e. The Morgan fingerprint density at radius 3 is 1.92 bits per heavy atom. The van der Waals surface area contributed by atoms with Crippen molar-refractivity contribution >= 4 is 5.71 Å². The summed E-state index contributed by atoms with van der Waals surface area (Å²) in [6.45, 7) is 6.75. The second kappa shape index (κ2) is 7.98. The lowest BCUT2D eigenvalue weighted by molar-refractivity contribution is 0.0309. The number of nitriles is 2. The van der Waals surface area contributed by atoms with Crippen molar-refractivity contribution in [1.82, 2.24) is 9.91 Å². The Hall–Kier alpha value is -3.55. The molecule has 3 aliphatic rings. The molecule has 2 aromatic rings. The van der Waals surface area contributed by atoms with Gasteiger partial charge in [0.15, 0.2) is 0 Å². The third-order valence-electron chi connectivity index (χ3n) is 8.92. The predicted octanol–water partition coefficient (Wildman–Crippen LogP) is 4.26. The zero-order valence-electron chi connectivity index (χ0n) is 22.0. The van der Waals surface area contributed by atoms with Crippen LogP contribution < -0.4 is 9.47 Å². The number of nitrogens with zero attached hydrogens (tertiary/aromatic N) is 5. The number of hydrogen-bond donors (Lipinski definition) is 0. The largest absolute Gasteiger partial charge is 0.497 e. The van der Waals surface area contributed by atoms with E-state index in [0.29, 0.717) is 0 Å². The maximum atomic E-state index is 10.6. The number of methoxy groups -OCH3 is 2. The second-order valence-electron chi connectivity index (χ2n) is 11.0. The Balaban J connectivity index is 1.81. The van der Waals surface area contributed by atoms with Gasteiger partial charge in [0.25, 0.3) is 0 Å². The molecule has 5 atom stereocenters. The lowest BCUT2D eigenvalue weighted by Crippen LogP contribution is -2.56. The quantitative estimate of drug-likeness (QED) is 0.632. The summed E-state index contributed by atoms with van der Waals surface area (Å²) in [6.07, 6.45) is 0. The van der Waals surface area contributed by atoms with E-state index in [9.17, 15) is 10.5 Å². The summed E-state index contributed by atoms with van der Waals surface area (Å²) in [5.41, 5.74) is 0.817. The van der Waals surface area contributed by atoms with Crippen LogP contribution in [0.2, 0.25) is 0 Å². The Kier molecular flexibility index (Phi) is 5.36. The molecule has 0 amide bonds. The van der Waals surface area contributed by atoms with E-state index in [0.717, 1.165) is 28.3 Å². The maximum absolute atomic E-state index is 10.6. The summed E-state index contributed by atoms with van der Waals surface area (Å²) in [5.74, 6) is 1.85. The van der Waals surface area contributed by atoms with Crippen molar-refractivity contribution in [3.8, 4) is 23.6 Å². The minimum Gasteiger partial charge on any atom is -0.497 e. The lowest BCUT2D eigenvalue weighted by atomic mass is 9.71. The van der Waals surface area contributed by atoms with Crippen molar-refractivity contribution < 1.29 is 9.47 Å². The van der Waals surface area contributed by atoms with Gasteiger partial charge in [-0.3, -0.25) is 5.01 Å². The summed E-state index contributed by atoms with van der Waals surface area (Å²) < 4.78 is 10.8. The fourth-order valence-corrected chi connectivity index (χ4v) is 7.42. The topological polar surface area (TPSA) is 84.9 Å². The Labute approximate surface area is 213 Å². The van der Waals surface area contributed by atoms with Crippen LogP contribution in [0.5, 0.6) is 11.5 Å². The van der Waals surface area contributed by atoms with Crippen molar-refractivity contribution in [2.45, 2.75) is 37.9 Å². The SMILES string of the molecule is COc1ccc(C2=NN3C(C#N)(C#N)[C@@H](N(C)C)[C@H](C)[C@@]3(c3ccc(OC)cc3)[C@H]3[C@@H]2C3(C)C)cc1. The molecule has 0 spiro atoms. The highest BCUT2D eigenvalue weighted by atomic mass is 16.5. The highest BCUT2D eigenvalue weighted by Gasteiger charge is 2.81. The Morgan fingerprint density at radius 2 is 1.44 bits per heavy atom. The van der Waals surface area contributed by atoms with Crippen LogP contribution in [0, 0.1) is 45.8 Å². The van der Waals surface area contributed by atoms with E-state index in [1.165, 1.54) is 0 Å². The average Bonchev–Trinajstić information content (AvgIpc) is 3.39. The summed E-state index contributed by atoms with van der Waals surface area (Å²) in [6, 6.07) is 20.5. The van der Waals surface area contributed by atoms with Crippen molar-refractivity contribution in [1.29, 1.82) is 10.5 Å². The zero-order chi connectivity index (χ0) is 26.0. The third-order valence-corrected chi connectivity index (χ3v) is 8.92. The van der Waals surface area contributed by atoms with E-state index in [-0.39, 0.29) is 29.2 Å². The summed E-state index contributed by atoms with van der Waals surface area (Å²) >= 11 is 0. The van der Waals surface area contributed by atoms with Gasteiger partial charge in [0.05, 0.1) is 31.5 Å². The van der Waals surface area contributed by atoms with Crippen LogP contribution in [0.4, 0.5) is 0 Å². The number of hydrogen-bond acceptors (Lipinski definition) is 7. The number of ether oxygens (including phenoxy) is 2. The van der Waals surface area contributed by atoms with E-state index < -0.39 is 11.1 Å². The molecule has 7 nitrogen and oxygen atoms in total. The van der Waals surface area contributed by atoms with Gasteiger partial charge in [0.1, 0.15) is 23.6 Å². The van der Waals surface area contributed by atoms with Gasteiger partial charge >= 0.3 is 0 Å². The van der Waals surface area contributed by atoms with Crippen molar-refractivity contribution in [2.24, 2.45) is 28.3 Å². The first kappa shape index (κ1) is 24.2. The smallest absolute Gasteiger partial charge is 0.246 e. The summed E-state index contributed by atoms with van der Waals surface area (Å²) in [7, 11) is 7.21. The minimum atomic E-state index is -1.45. The van der Waals surface area contributed by atoms with Gasteiger partial charge < -0.3 is 14.4 Å². The number of hydrazone groups is 1. The molecule has 1 saturated heterocycles. The molecule has 186 valence electrons. The first-order valence-corrected chi connectivity index (χ1v) is 12.3. The molecule has 0 radical (unpaired) electrons. The van der Waals surface area contributed by atoms with Gasteiger partial charge in [-0.2, -0.15) is 15.6 Å². The molecule has 2 aliphatic heterocycles. The first-order chi connectivity index (χ1) is 17.1. The molecule has 0 bridgehead atoms. The summed E-state index contributed by atoms with van der Waals surface area (Å²) in [4.78, 5) is 2.02. The van der Waals surface area contributed by atoms with Crippen LogP contribution in [-0.4, -0.2) is 55.5 Å². The number of likely N-dealkylation sites (N-methyl/N-ethyl adjacent to an activating group) is 1. The average molecular weight is 484 g/mol. The first-order valence-electron chi connectivity index (χ1n) is 12.3. The monoisotopic (exact) mass is 483 g/mol. The molecule has 2 aromatic carbocycles. The molecule has 1 saturated carbocycles. The van der Waals surface area contributed by atoms with E-state index in [4.69, 9.17) is 14.6 Å². The van der Waals surface area contributed by atoms with Gasteiger partial charge in [-0.05, 0) is 67.0 Å². The molecule has 36 heavy (non-hydrogen) atoms. The normalized spacial score (nSPS) is 30.9. The Morgan fingerprint density at radius 1 is 0.917 bits per heavy atom. The number of rotatable bonds is 5. The molecular weight excluding hydrogens is 450 g/mol. The second-order valence-corrected chi connectivity index (χ2v) is 11.0. The molecule has 0 unspecified atom stereocenters.